The predicted octanol–water partition coefficient (Wildman–Crippen LogP) is 4.82. The summed E-state index contributed by atoms with van der Waals surface area (Å²) in [7, 11) is 1.65. The normalized spacial score (nSPS) is 19.9. The van der Waals surface area contributed by atoms with Crippen LogP contribution in [0.4, 0.5) is 0 Å². The van der Waals surface area contributed by atoms with Crippen LogP contribution in [0.15, 0.2) is 54.6 Å². The molecule has 6 nitrogen and oxygen atoms in total. The molecule has 2 aromatic rings. The van der Waals surface area contributed by atoms with Gasteiger partial charge < -0.3 is 19.9 Å². The van der Waals surface area contributed by atoms with Crippen LogP contribution in [0.25, 0.3) is 0 Å². The molecule has 2 fully saturated rings. The van der Waals surface area contributed by atoms with Gasteiger partial charge in [-0.3, -0.25) is 9.59 Å². The van der Waals surface area contributed by atoms with E-state index in [4.69, 9.17) is 4.74 Å². The summed E-state index contributed by atoms with van der Waals surface area (Å²) < 4.78 is 5.58. The Balaban J connectivity index is 1.39. The second-order valence-corrected chi connectivity index (χ2v) is 11.1. The van der Waals surface area contributed by atoms with Crippen molar-refractivity contribution in [3.63, 3.8) is 0 Å². The van der Waals surface area contributed by atoms with Crippen molar-refractivity contribution in [2.45, 2.75) is 76.9 Å². The molecule has 0 radical (unpaired) electrons. The molecule has 0 aliphatic carbocycles. The molecule has 0 aromatic heterocycles. The van der Waals surface area contributed by atoms with E-state index in [0.29, 0.717) is 31.7 Å². The van der Waals surface area contributed by atoms with Gasteiger partial charge in [-0.15, -0.1) is 0 Å². The van der Waals surface area contributed by atoms with Crippen LogP contribution in [0.2, 0.25) is 0 Å². The summed E-state index contributed by atoms with van der Waals surface area (Å²) in [6.07, 6.45) is 6.66. The topological polar surface area (TPSA) is 61.9 Å². The first-order valence-corrected chi connectivity index (χ1v) is 13.9. The number of rotatable bonds is 11. The van der Waals surface area contributed by atoms with Crippen LogP contribution in [-0.2, 0) is 22.6 Å². The molecule has 2 amide bonds. The number of unbranched alkanes of at least 4 members (excludes halogenated alkanes) is 2. The van der Waals surface area contributed by atoms with E-state index in [2.05, 4.69) is 54.4 Å². The van der Waals surface area contributed by atoms with E-state index in [1.54, 1.807) is 7.11 Å². The number of amides is 2. The fraction of sp³-hybridized carbons (Fsp3) is 0.548. The first kappa shape index (κ1) is 27.2. The van der Waals surface area contributed by atoms with Crippen molar-refractivity contribution < 1.29 is 14.3 Å². The Kier molecular flexibility index (Phi) is 9.25. The lowest BCUT2D eigenvalue weighted by Gasteiger charge is -2.52. The van der Waals surface area contributed by atoms with Gasteiger partial charge >= 0.3 is 0 Å². The van der Waals surface area contributed by atoms with Crippen LogP contribution in [0.3, 0.4) is 0 Å². The molecule has 37 heavy (non-hydrogen) atoms. The first-order valence-electron chi connectivity index (χ1n) is 13.9. The number of benzene rings is 2. The minimum absolute atomic E-state index is 0.00941. The largest absolute Gasteiger partial charge is 0.496 e. The van der Waals surface area contributed by atoms with Gasteiger partial charge in [0.25, 0.3) is 0 Å². The molecule has 2 saturated heterocycles. The molecule has 2 heterocycles. The average molecular weight is 506 g/mol. The highest BCUT2D eigenvalue weighted by Crippen LogP contribution is 2.36. The van der Waals surface area contributed by atoms with Gasteiger partial charge in [-0.25, -0.2) is 0 Å². The highest BCUT2D eigenvalue weighted by Gasteiger charge is 2.53. The van der Waals surface area contributed by atoms with Crippen LogP contribution in [0.1, 0.15) is 63.5 Å². The molecule has 4 rings (SSSR count). The van der Waals surface area contributed by atoms with E-state index in [1.807, 2.05) is 29.2 Å². The number of piperidine rings is 1. The number of carbonyl (C=O) groups excluding carboxylic acids is 2. The lowest BCUT2D eigenvalue weighted by Crippen LogP contribution is -2.72. The Morgan fingerprint density at radius 3 is 2.38 bits per heavy atom. The zero-order valence-electron chi connectivity index (χ0n) is 22.7. The maximum absolute atomic E-state index is 13.8. The summed E-state index contributed by atoms with van der Waals surface area (Å²) in [5.41, 5.74) is 1.55. The number of hydrogen-bond acceptors (Lipinski definition) is 4. The van der Waals surface area contributed by atoms with Gasteiger partial charge in [0.15, 0.2) is 0 Å². The maximum atomic E-state index is 13.8. The number of likely N-dealkylation sites (tertiary alicyclic amines) is 1. The summed E-state index contributed by atoms with van der Waals surface area (Å²) in [5, 5.41) is 3.11. The second kappa shape index (κ2) is 12.6. The number of hydrogen-bond donors (Lipinski definition) is 1. The van der Waals surface area contributed by atoms with Gasteiger partial charge in [-0.1, -0.05) is 68.8 Å². The molecule has 2 aliphatic heterocycles. The van der Waals surface area contributed by atoms with Gasteiger partial charge in [-0.2, -0.15) is 0 Å². The number of methoxy groups -OCH3 is 1. The minimum Gasteiger partial charge on any atom is -0.496 e. The summed E-state index contributed by atoms with van der Waals surface area (Å²) in [6, 6.07) is 18.0. The molecule has 1 N–H and O–H groups in total. The van der Waals surface area contributed by atoms with E-state index < -0.39 is 11.6 Å². The summed E-state index contributed by atoms with van der Waals surface area (Å²) >= 11 is 0. The minimum atomic E-state index is -0.796. The summed E-state index contributed by atoms with van der Waals surface area (Å²) in [4.78, 5) is 31.8. The van der Waals surface area contributed by atoms with Crippen molar-refractivity contribution in [1.29, 1.82) is 0 Å². The maximum Gasteiger partial charge on any atom is 0.246 e. The van der Waals surface area contributed by atoms with Crippen LogP contribution < -0.4 is 10.1 Å². The lowest BCUT2D eigenvalue weighted by atomic mass is 9.80. The van der Waals surface area contributed by atoms with Crippen LogP contribution in [0.5, 0.6) is 5.75 Å². The average Bonchev–Trinajstić information content (AvgIpc) is 2.91. The smallest absolute Gasteiger partial charge is 0.246 e. The van der Waals surface area contributed by atoms with Gasteiger partial charge in [0.1, 0.15) is 17.3 Å². The SMILES string of the molecule is COc1ccccc1CN1C(=O)[C@H](CC(C)C)NC(=O)C12CCN(CCCCCc1ccccc1)CC2. The van der Waals surface area contributed by atoms with E-state index in [0.717, 1.165) is 43.8 Å². The zero-order valence-corrected chi connectivity index (χ0v) is 22.7. The number of nitrogens with zero attached hydrogens (tertiary/aromatic N) is 2. The monoisotopic (exact) mass is 505 g/mol. The first-order chi connectivity index (χ1) is 17.9. The van der Waals surface area contributed by atoms with E-state index in [1.165, 1.54) is 18.4 Å². The Bertz CT molecular complexity index is 1030. The molecule has 0 bridgehead atoms. The quantitative estimate of drug-likeness (QED) is 0.445. The van der Waals surface area contributed by atoms with Crippen molar-refractivity contribution in [2.75, 3.05) is 26.7 Å². The Morgan fingerprint density at radius 1 is 0.973 bits per heavy atom. The predicted molar refractivity (Wildman–Crippen MR) is 147 cm³/mol. The summed E-state index contributed by atoms with van der Waals surface area (Å²) in [5.74, 6) is 1.12. The number of carbonyl (C=O) groups is 2. The van der Waals surface area contributed by atoms with Crippen LogP contribution in [-0.4, -0.2) is 59.9 Å². The number of aryl methyl sites for hydroxylation is 1. The molecule has 2 aliphatic rings. The molecular weight excluding hydrogens is 462 g/mol. The number of para-hydroxylation sites is 1. The van der Waals surface area contributed by atoms with Crippen LogP contribution in [0, 0.1) is 5.92 Å². The van der Waals surface area contributed by atoms with Crippen molar-refractivity contribution >= 4 is 11.8 Å². The van der Waals surface area contributed by atoms with Crippen molar-refractivity contribution in [2.24, 2.45) is 5.92 Å². The number of ether oxygens (including phenoxy) is 1. The van der Waals surface area contributed by atoms with Gasteiger partial charge in [0.05, 0.1) is 13.7 Å². The molecule has 2 aromatic carbocycles. The third-order valence-corrected chi connectivity index (χ3v) is 8.00. The molecule has 1 atom stereocenters. The Morgan fingerprint density at radius 2 is 1.68 bits per heavy atom. The fourth-order valence-corrected chi connectivity index (χ4v) is 5.87. The Hall–Kier alpha value is -2.86. The lowest BCUT2D eigenvalue weighted by molar-refractivity contribution is -0.162. The van der Waals surface area contributed by atoms with E-state index in [-0.39, 0.29) is 11.8 Å². The molecule has 6 heteroatoms. The van der Waals surface area contributed by atoms with Crippen molar-refractivity contribution in [3.8, 4) is 5.75 Å². The van der Waals surface area contributed by atoms with Crippen LogP contribution >= 0.6 is 0 Å². The standard InChI is InChI=1S/C31H43N3O3/c1-24(2)22-27-29(35)34(23-26-15-9-10-16-28(26)37-3)31(30(36)32-27)17-20-33(21-18-31)19-11-5-8-14-25-12-6-4-7-13-25/h4,6-7,9-10,12-13,15-16,24,27H,5,8,11,14,17-23H2,1-3H3,(H,32,36)/t27-/m0/s1. The third-order valence-electron chi connectivity index (χ3n) is 8.00. The molecule has 1 spiro atoms. The van der Waals surface area contributed by atoms with E-state index >= 15 is 0 Å². The third kappa shape index (κ3) is 6.53. The molecule has 200 valence electrons. The van der Waals surface area contributed by atoms with Gasteiger partial charge in [0.2, 0.25) is 11.8 Å². The van der Waals surface area contributed by atoms with Gasteiger partial charge in [0, 0.05) is 18.7 Å². The highest BCUT2D eigenvalue weighted by molar-refractivity contribution is 6.00. The molecule has 0 unspecified atom stereocenters. The Labute approximate surface area is 222 Å². The van der Waals surface area contributed by atoms with Crippen molar-refractivity contribution in [1.82, 2.24) is 15.1 Å². The van der Waals surface area contributed by atoms with Gasteiger partial charge in [-0.05, 0) is 62.6 Å². The summed E-state index contributed by atoms with van der Waals surface area (Å²) in [6.45, 7) is 7.28. The molecule has 0 saturated carbocycles. The number of piperazine rings is 1. The fourth-order valence-electron chi connectivity index (χ4n) is 5.87. The zero-order chi connectivity index (χ0) is 26.3. The second-order valence-electron chi connectivity index (χ2n) is 11.1. The number of nitrogens with one attached hydrogen (secondary N) is 1. The highest BCUT2D eigenvalue weighted by atomic mass is 16.5. The molecular formula is C31H43N3O3. The van der Waals surface area contributed by atoms with Crippen molar-refractivity contribution in [3.05, 3.63) is 65.7 Å². The van der Waals surface area contributed by atoms with E-state index in [9.17, 15) is 9.59 Å².